The van der Waals surface area contributed by atoms with Crippen molar-refractivity contribution in [3.05, 3.63) is 63.6 Å². The predicted molar refractivity (Wildman–Crippen MR) is 85.1 cm³/mol. The van der Waals surface area contributed by atoms with Crippen LogP contribution >= 0.6 is 27.7 Å². The first-order chi connectivity index (χ1) is 9.08. The van der Waals surface area contributed by atoms with Gasteiger partial charge in [-0.25, -0.2) is 0 Å². The summed E-state index contributed by atoms with van der Waals surface area (Å²) in [6.45, 7) is 4.04. The van der Waals surface area contributed by atoms with Crippen molar-refractivity contribution >= 4 is 33.5 Å². The summed E-state index contributed by atoms with van der Waals surface area (Å²) in [5.74, 6) is 0.667. The summed E-state index contributed by atoms with van der Waals surface area (Å²) in [4.78, 5) is 13.3. The third-order valence-corrected chi connectivity index (χ3v) is 4.63. The van der Waals surface area contributed by atoms with E-state index in [2.05, 4.69) is 15.9 Å². The number of hydrogen-bond acceptors (Lipinski definition) is 2. The number of thioether (sulfide) groups is 1. The van der Waals surface area contributed by atoms with E-state index in [0.717, 1.165) is 20.5 Å². The molecule has 0 saturated carbocycles. The maximum Gasteiger partial charge on any atom is 0.173 e. The van der Waals surface area contributed by atoms with E-state index in [1.54, 1.807) is 11.8 Å². The molecule has 2 aromatic rings. The maximum atomic E-state index is 12.2. The Morgan fingerprint density at radius 3 is 2.47 bits per heavy atom. The van der Waals surface area contributed by atoms with Gasteiger partial charge >= 0.3 is 0 Å². The number of rotatable bonds is 4. The summed E-state index contributed by atoms with van der Waals surface area (Å²) < 4.78 is 1.05. The standard InChI is InChI=1S/C16H15BrOS/c1-11-4-3-5-15(12(11)2)16(18)10-19-14-8-6-13(17)7-9-14/h3-9H,10H2,1-2H3. The van der Waals surface area contributed by atoms with Gasteiger partial charge < -0.3 is 0 Å². The lowest BCUT2D eigenvalue weighted by Crippen LogP contribution is -2.05. The molecule has 0 unspecified atom stereocenters. The number of ketones is 1. The molecule has 2 aromatic carbocycles. The number of hydrogen-bond donors (Lipinski definition) is 0. The van der Waals surface area contributed by atoms with Gasteiger partial charge in [-0.15, -0.1) is 11.8 Å². The van der Waals surface area contributed by atoms with Crippen LogP contribution in [-0.4, -0.2) is 11.5 Å². The molecule has 3 heteroatoms. The first kappa shape index (κ1) is 14.4. The first-order valence-corrected chi connectivity index (χ1v) is 7.83. The smallest absolute Gasteiger partial charge is 0.173 e. The molecular weight excluding hydrogens is 320 g/mol. The van der Waals surface area contributed by atoms with Crippen LogP contribution in [0.1, 0.15) is 21.5 Å². The van der Waals surface area contributed by atoms with Gasteiger partial charge in [-0.05, 0) is 49.2 Å². The van der Waals surface area contributed by atoms with Crippen molar-refractivity contribution < 1.29 is 4.79 Å². The average Bonchev–Trinajstić information content (AvgIpc) is 2.41. The Labute approximate surface area is 126 Å². The summed E-state index contributed by atoms with van der Waals surface area (Å²) in [5, 5.41) is 0. The van der Waals surface area contributed by atoms with Crippen LogP contribution in [0.5, 0.6) is 0 Å². The van der Waals surface area contributed by atoms with E-state index in [-0.39, 0.29) is 5.78 Å². The van der Waals surface area contributed by atoms with Crippen LogP contribution in [0, 0.1) is 13.8 Å². The zero-order chi connectivity index (χ0) is 13.8. The molecule has 0 N–H and O–H groups in total. The monoisotopic (exact) mass is 334 g/mol. The van der Waals surface area contributed by atoms with E-state index in [4.69, 9.17) is 0 Å². The fourth-order valence-corrected chi connectivity index (χ4v) is 2.86. The lowest BCUT2D eigenvalue weighted by molar-refractivity contribution is 0.102. The number of benzene rings is 2. The van der Waals surface area contributed by atoms with Crippen molar-refractivity contribution in [2.75, 3.05) is 5.75 Å². The van der Waals surface area contributed by atoms with E-state index >= 15 is 0 Å². The van der Waals surface area contributed by atoms with Gasteiger partial charge in [0.05, 0.1) is 5.75 Å². The van der Waals surface area contributed by atoms with Crippen LogP contribution in [0.25, 0.3) is 0 Å². The Balaban J connectivity index is 2.05. The van der Waals surface area contributed by atoms with Gasteiger partial charge in [0.15, 0.2) is 5.78 Å². The maximum absolute atomic E-state index is 12.2. The molecule has 98 valence electrons. The normalized spacial score (nSPS) is 10.5. The van der Waals surface area contributed by atoms with E-state index in [9.17, 15) is 4.79 Å². The lowest BCUT2D eigenvalue weighted by atomic mass is 10.0. The minimum Gasteiger partial charge on any atom is -0.293 e. The summed E-state index contributed by atoms with van der Waals surface area (Å²) in [7, 11) is 0. The Hall–Kier alpha value is -1.06. The van der Waals surface area contributed by atoms with E-state index < -0.39 is 0 Å². The number of carbonyl (C=O) groups is 1. The minimum absolute atomic E-state index is 0.189. The van der Waals surface area contributed by atoms with Gasteiger partial charge in [0.2, 0.25) is 0 Å². The van der Waals surface area contributed by atoms with Crippen molar-refractivity contribution in [1.82, 2.24) is 0 Å². The van der Waals surface area contributed by atoms with Crippen LogP contribution in [0.15, 0.2) is 51.8 Å². The van der Waals surface area contributed by atoms with Gasteiger partial charge in [0.1, 0.15) is 0 Å². The molecule has 0 aliphatic heterocycles. The molecule has 0 aromatic heterocycles. The van der Waals surface area contributed by atoms with Gasteiger partial charge in [-0.2, -0.15) is 0 Å². The van der Waals surface area contributed by atoms with Crippen molar-refractivity contribution in [3.8, 4) is 0 Å². The van der Waals surface area contributed by atoms with E-state index in [1.807, 2.05) is 56.3 Å². The molecule has 19 heavy (non-hydrogen) atoms. The molecule has 2 rings (SSSR count). The summed E-state index contributed by atoms with van der Waals surface area (Å²) in [6, 6.07) is 13.9. The Kier molecular flexibility index (Phi) is 4.83. The van der Waals surface area contributed by atoms with Crippen LogP contribution < -0.4 is 0 Å². The highest BCUT2D eigenvalue weighted by Crippen LogP contribution is 2.22. The Bertz CT molecular complexity index is 590. The first-order valence-electron chi connectivity index (χ1n) is 6.05. The molecule has 0 amide bonds. The summed E-state index contributed by atoms with van der Waals surface area (Å²) in [6.07, 6.45) is 0. The Morgan fingerprint density at radius 2 is 1.79 bits per heavy atom. The zero-order valence-electron chi connectivity index (χ0n) is 10.9. The molecule has 0 aliphatic carbocycles. The fourth-order valence-electron chi connectivity index (χ4n) is 1.81. The third kappa shape index (κ3) is 3.71. The number of aryl methyl sites for hydroxylation is 1. The molecule has 0 radical (unpaired) electrons. The fraction of sp³-hybridized carbons (Fsp3) is 0.188. The second-order valence-electron chi connectivity index (χ2n) is 4.41. The molecular formula is C16H15BrOS. The molecule has 0 aliphatic rings. The molecule has 0 saturated heterocycles. The van der Waals surface area contributed by atoms with Gasteiger partial charge in [0, 0.05) is 14.9 Å². The quantitative estimate of drug-likeness (QED) is 0.575. The molecule has 0 heterocycles. The highest BCUT2D eigenvalue weighted by molar-refractivity contribution is 9.10. The number of Topliss-reactive ketones (excluding diaryl/α,β-unsaturated/α-hetero) is 1. The average molecular weight is 335 g/mol. The van der Waals surface area contributed by atoms with Crippen LogP contribution in [0.4, 0.5) is 0 Å². The molecule has 0 bridgehead atoms. The van der Waals surface area contributed by atoms with Crippen molar-refractivity contribution in [2.45, 2.75) is 18.7 Å². The van der Waals surface area contributed by atoms with Gasteiger partial charge in [0.25, 0.3) is 0 Å². The van der Waals surface area contributed by atoms with E-state index in [0.29, 0.717) is 5.75 Å². The van der Waals surface area contributed by atoms with Crippen molar-refractivity contribution in [3.63, 3.8) is 0 Å². The van der Waals surface area contributed by atoms with Crippen LogP contribution in [-0.2, 0) is 0 Å². The van der Waals surface area contributed by atoms with Crippen LogP contribution in [0.2, 0.25) is 0 Å². The minimum atomic E-state index is 0.189. The predicted octanol–water partition coefficient (Wildman–Crippen LogP) is 5.04. The molecule has 0 spiro atoms. The largest absolute Gasteiger partial charge is 0.293 e. The van der Waals surface area contributed by atoms with E-state index in [1.165, 1.54) is 5.56 Å². The number of halogens is 1. The highest BCUT2D eigenvalue weighted by atomic mass is 79.9. The van der Waals surface area contributed by atoms with Crippen molar-refractivity contribution in [2.24, 2.45) is 0 Å². The topological polar surface area (TPSA) is 17.1 Å². The molecule has 1 nitrogen and oxygen atoms in total. The van der Waals surface area contributed by atoms with Gasteiger partial charge in [-0.1, -0.05) is 34.1 Å². The zero-order valence-corrected chi connectivity index (χ0v) is 13.3. The third-order valence-electron chi connectivity index (χ3n) is 3.09. The lowest BCUT2D eigenvalue weighted by Gasteiger charge is -2.07. The summed E-state index contributed by atoms with van der Waals surface area (Å²) >= 11 is 4.98. The Morgan fingerprint density at radius 1 is 1.11 bits per heavy atom. The summed E-state index contributed by atoms with van der Waals surface area (Å²) in [5.41, 5.74) is 3.09. The molecule has 0 fully saturated rings. The second-order valence-corrected chi connectivity index (χ2v) is 6.38. The van der Waals surface area contributed by atoms with Crippen LogP contribution in [0.3, 0.4) is 0 Å². The molecule has 0 atom stereocenters. The second kappa shape index (κ2) is 6.40. The SMILES string of the molecule is Cc1cccc(C(=O)CSc2ccc(Br)cc2)c1C. The van der Waals surface area contributed by atoms with Gasteiger partial charge in [-0.3, -0.25) is 4.79 Å². The van der Waals surface area contributed by atoms with Crippen molar-refractivity contribution in [1.29, 1.82) is 0 Å². The highest BCUT2D eigenvalue weighted by Gasteiger charge is 2.10. The number of carbonyl (C=O) groups excluding carboxylic acids is 1.